The number of hydrogen-bond donors (Lipinski definition) is 2. The molecular weight excluding hydrogens is 222 g/mol. The molecule has 0 radical (unpaired) electrons. The van der Waals surface area contributed by atoms with Crippen LogP contribution in [0.4, 0.5) is 5.69 Å². The Kier molecular flexibility index (Phi) is 3.33. The summed E-state index contributed by atoms with van der Waals surface area (Å²) in [5.41, 5.74) is 7.39. The van der Waals surface area contributed by atoms with Crippen LogP contribution in [0.2, 0.25) is 5.02 Å². The zero-order chi connectivity index (χ0) is 11.5. The first kappa shape index (κ1) is 11.3. The highest BCUT2D eigenvalue weighted by Crippen LogP contribution is 2.31. The lowest BCUT2D eigenvalue weighted by Gasteiger charge is -2.12. The van der Waals surface area contributed by atoms with Crippen LogP contribution >= 0.6 is 11.6 Å². The van der Waals surface area contributed by atoms with E-state index in [9.17, 15) is 0 Å². The molecule has 0 aliphatic heterocycles. The second-order valence-electron chi connectivity index (χ2n) is 4.19. The Morgan fingerprint density at radius 3 is 2.88 bits per heavy atom. The molecule has 0 bridgehead atoms. The van der Waals surface area contributed by atoms with Gasteiger partial charge in [-0.2, -0.15) is 5.26 Å². The maximum Gasteiger partial charge on any atom is 0.101 e. The molecular formula is C12H14ClN3. The molecule has 4 heteroatoms. The minimum Gasteiger partial charge on any atom is -0.383 e. The number of benzene rings is 1. The predicted molar refractivity (Wildman–Crippen MR) is 65.4 cm³/mol. The second-order valence-corrected chi connectivity index (χ2v) is 4.60. The molecule has 1 saturated carbocycles. The van der Waals surface area contributed by atoms with Crippen molar-refractivity contribution in [2.45, 2.75) is 18.9 Å². The summed E-state index contributed by atoms with van der Waals surface area (Å²) in [4.78, 5) is 0. The fourth-order valence-corrected chi connectivity index (χ4v) is 1.87. The topological polar surface area (TPSA) is 61.8 Å². The van der Waals surface area contributed by atoms with E-state index in [0.717, 1.165) is 12.2 Å². The average molecular weight is 236 g/mol. The number of halogens is 1. The molecule has 1 fully saturated rings. The van der Waals surface area contributed by atoms with Crippen molar-refractivity contribution in [2.24, 2.45) is 11.7 Å². The predicted octanol–water partition coefficient (Wildman–Crippen LogP) is 2.36. The second kappa shape index (κ2) is 4.73. The van der Waals surface area contributed by atoms with Gasteiger partial charge in [0.05, 0.1) is 10.6 Å². The normalized spacial score (nSPS) is 16.6. The van der Waals surface area contributed by atoms with Crippen molar-refractivity contribution < 1.29 is 0 Å². The van der Waals surface area contributed by atoms with E-state index in [1.807, 2.05) is 12.1 Å². The lowest BCUT2D eigenvalue weighted by molar-refractivity contribution is 0.621. The van der Waals surface area contributed by atoms with E-state index in [0.29, 0.717) is 16.5 Å². The van der Waals surface area contributed by atoms with Crippen molar-refractivity contribution in [1.29, 1.82) is 5.26 Å². The molecule has 0 saturated heterocycles. The Labute approximate surface area is 100 Å². The van der Waals surface area contributed by atoms with Gasteiger partial charge < -0.3 is 11.1 Å². The molecule has 2 rings (SSSR count). The van der Waals surface area contributed by atoms with Crippen LogP contribution in [-0.2, 0) is 0 Å². The van der Waals surface area contributed by atoms with Crippen molar-refractivity contribution >= 4 is 17.3 Å². The highest BCUT2D eigenvalue weighted by Gasteiger charge is 2.27. The van der Waals surface area contributed by atoms with Crippen molar-refractivity contribution in [3.05, 3.63) is 28.8 Å². The third-order valence-corrected chi connectivity index (χ3v) is 3.17. The molecule has 1 aliphatic rings. The van der Waals surface area contributed by atoms with Crippen molar-refractivity contribution in [3.8, 4) is 6.07 Å². The van der Waals surface area contributed by atoms with Crippen molar-refractivity contribution in [2.75, 3.05) is 11.9 Å². The summed E-state index contributed by atoms with van der Waals surface area (Å²) in [6.07, 6.45) is 2.49. The van der Waals surface area contributed by atoms with Crippen LogP contribution in [0, 0.1) is 17.2 Å². The lowest BCUT2D eigenvalue weighted by atomic mass is 10.2. The highest BCUT2D eigenvalue weighted by atomic mass is 35.5. The maximum absolute atomic E-state index is 8.73. The van der Waals surface area contributed by atoms with Gasteiger partial charge in [0.25, 0.3) is 0 Å². The van der Waals surface area contributed by atoms with Crippen LogP contribution in [0.25, 0.3) is 0 Å². The molecule has 0 aromatic heterocycles. The molecule has 84 valence electrons. The summed E-state index contributed by atoms with van der Waals surface area (Å²) in [5.74, 6) is 0.682. The van der Waals surface area contributed by atoms with E-state index in [2.05, 4.69) is 5.32 Å². The zero-order valence-electron chi connectivity index (χ0n) is 8.91. The smallest absolute Gasteiger partial charge is 0.101 e. The Morgan fingerprint density at radius 2 is 2.31 bits per heavy atom. The van der Waals surface area contributed by atoms with Crippen molar-refractivity contribution in [3.63, 3.8) is 0 Å². The van der Waals surface area contributed by atoms with Gasteiger partial charge in [0.15, 0.2) is 0 Å². The Bertz CT molecular complexity index is 421. The van der Waals surface area contributed by atoms with Gasteiger partial charge in [0, 0.05) is 18.3 Å². The minimum atomic E-state index is 0.217. The third kappa shape index (κ3) is 2.66. The number of nitrogens with two attached hydrogens (primary N) is 1. The molecule has 3 N–H and O–H groups in total. The van der Waals surface area contributed by atoms with Gasteiger partial charge in [-0.3, -0.25) is 0 Å². The van der Waals surface area contributed by atoms with Crippen LogP contribution in [-0.4, -0.2) is 12.6 Å². The minimum absolute atomic E-state index is 0.217. The average Bonchev–Trinajstić information content (AvgIpc) is 3.10. The molecule has 0 amide bonds. The van der Waals surface area contributed by atoms with Crippen LogP contribution in [0.15, 0.2) is 18.2 Å². The third-order valence-electron chi connectivity index (χ3n) is 2.86. The van der Waals surface area contributed by atoms with E-state index < -0.39 is 0 Å². The summed E-state index contributed by atoms with van der Waals surface area (Å²) in [6.45, 7) is 0.757. The number of nitrogens with one attached hydrogen (secondary N) is 1. The summed E-state index contributed by atoms with van der Waals surface area (Å²) >= 11 is 5.93. The van der Waals surface area contributed by atoms with E-state index in [1.54, 1.807) is 12.1 Å². The Balaban J connectivity index is 1.94. The van der Waals surface area contributed by atoms with Crippen LogP contribution < -0.4 is 11.1 Å². The first-order valence-electron chi connectivity index (χ1n) is 5.40. The van der Waals surface area contributed by atoms with Crippen LogP contribution in [0.3, 0.4) is 0 Å². The van der Waals surface area contributed by atoms with Gasteiger partial charge in [-0.15, -0.1) is 0 Å². The van der Waals surface area contributed by atoms with Gasteiger partial charge in [0.2, 0.25) is 0 Å². The number of nitrogens with zero attached hydrogens (tertiary/aromatic N) is 1. The van der Waals surface area contributed by atoms with E-state index in [4.69, 9.17) is 22.6 Å². The van der Waals surface area contributed by atoms with Crippen LogP contribution in [0.5, 0.6) is 0 Å². The fourth-order valence-electron chi connectivity index (χ4n) is 1.64. The molecule has 1 aliphatic carbocycles. The Morgan fingerprint density at radius 1 is 1.56 bits per heavy atom. The first-order chi connectivity index (χ1) is 7.70. The SMILES string of the molecule is N#Cc1ccc(NCC(N)C2CC2)cc1Cl. The van der Waals surface area contributed by atoms with Crippen LogP contribution in [0.1, 0.15) is 18.4 Å². The van der Waals surface area contributed by atoms with E-state index in [1.165, 1.54) is 12.8 Å². The summed E-state index contributed by atoms with van der Waals surface area (Å²) in [7, 11) is 0. The molecule has 3 nitrogen and oxygen atoms in total. The van der Waals surface area contributed by atoms with Gasteiger partial charge in [-0.1, -0.05) is 11.6 Å². The van der Waals surface area contributed by atoms with E-state index in [-0.39, 0.29) is 6.04 Å². The fraction of sp³-hybridized carbons (Fsp3) is 0.417. The Hall–Kier alpha value is -1.24. The maximum atomic E-state index is 8.73. The summed E-state index contributed by atoms with van der Waals surface area (Å²) in [6, 6.07) is 7.58. The van der Waals surface area contributed by atoms with Gasteiger partial charge in [-0.25, -0.2) is 0 Å². The lowest BCUT2D eigenvalue weighted by Crippen LogP contribution is -2.31. The van der Waals surface area contributed by atoms with E-state index >= 15 is 0 Å². The largest absolute Gasteiger partial charge is 0.383 e. The van der Waals surface area contributed by atoms with Gasteiger partial charge >= 0.3 is 0 Å². The molecule has 1 unspecified atom stereocenters. The summed E-state index contributed by atoms with van der Waals surface area (Å²) < 4.78 is 0. The standard InChI is InChI=1S/C12H14ClN3/c13-11-5-10(4-3-9(11)6-14)16-7-12(15)8-1-2-8/h3-5,8,12,16H,1-2,7,15H2. The number of hydrogen-bond acceptors (Lipinski definition) is 3. The quantitative estimate of drug-likeness (QED) is 0.842. The number of anilines is 1. The zero-order valence-corrected chi connectivity index (χ0v) is 9.67. The van der Waals surface area contributed by atoms with Gasteiger partial charge in [-0.05, 0) is 37.0 Å². The molecule has 0 heterocycles. The summed E-state index contributed by atoms with van der Waals surface area (Å²) in [5, 5.41) is 12.5. The number of nitriles is 1. The number of rotatable bonds is 4. The van der Waals surface area contributed by atoms with Crippen molar-refractivity contribution in [1.82, 2.24) is 0 Å². The molecule has 1 atom stereocenters. The molecule has 1 aromatic rings. The van der Waals surface area contributed by atoms with Gasteiger partial charge in [0.1, 0.15) is 6.07 Å². The molecule has 1 aromatic carbocycles. The monoisotopic (exact) mass is 235 g/mol. The highest BCUT2D eigenvalue weighted by molar-refractivity contribution is 6.32. The first-order valence-corrected chi connectivity index (χ1v) is 5.77. The molecule has 16 heavy (non-hydrogen) atoms. The molecule has 0 spiro atoms.